The van der Waals surface area contributed by atoms with E-state index in [2.05, 4.69) is 27.2 Å². The maximum Gasteiger partial charge on any atom is 0.263 e. The molecule has 2 aliphatic rings. The van der Waals surface area contributed by atoms with Crippen molar-refractivity contribution in [3.8, 4) is 17.0 Å². The van der Waals surface area contributed by atoms with Crippen molar-refractivity contribution >= 4 is 16.9 Å². The second-order valence-corrected chi connectivity index (χ2v) is 9.67. The Kier molecular flexibility index (Phi) is 5.97. The normalized spacial score (nSPS) is 22.5. The first-order chi connectivity index (χ1) is 16.3. The van der Waals surface area contributed by atoms with E-state index in [9.17, 15) is 13.6 Å². The number of H-pyrrole nitrogens is 1. The molecule has 34 heavy (non-hydrogen) atoms. The standard InChI is InChI=1S/C25H29F2N5O2/c1-12-7-16(28)9-18(12)32-25(33)20-13(2)31-23-21(29-11-30-22(20)23)17-8-15(24(26)27)5-6-19(17)34-10-14-3-4-14/h5-6,8,11-12,14,16,18,24,31H,3-4,7,9-10,28H2,1-2H3,(H,32,33). The smallest absolute Gasteiger partial charge is 0.263 e. The first kappa shape index (κ1) is 22.7. The van der Waals surface area contributed by atoms with Gasteiger partial charge in [-0.2, -0.15) is 0 Å². The van der Waals surface area contributed by atoms with E-state index >= 15 is 0 Å². The molecule has 5 rings (SSSR count). The second-order valence-electron chi connectivity index (χ2n) is 9.67. The number of aryl methyl sites for hydroxylation is 1. The van der Waals surface area contributed by atoms with Crippen LogP contribution >= 0.6 is 0 Å². The van der Waals surface area contributed by atoms with Crippen LogP contribution in [0.25, 0.3) is 22.3 Å². The van der Waals surface area contributed by atoms with Crippen LogP contribution in [-0.4, -0.2) is 39.5 Å². The molecule has 2 heterocycles. The maximum absolute atomic E-state index is 13.5. The van der Waals surface area contributed by atoms with Gasteiger partial charge in [-0.25, -0.2) is 18.7 Å². The Morgan fingerprint density at radius 2 is 2.09 bits per heavy atom. The summed E-state index contributed by atoms with van der Waals surface area (Å²) in [5, 5.41) is 3.11. The number of amides is 1. The predicted octanol–water partition coefficient (Wildman–Crippen LogP) is 4.52. The van der Waals surface area contributed by atoms with Crippen molar-refractivity contribution in [3.63, 3.8) is 0 Å². The minimum atomic E-state index is -2.62. The molecule has 3 aromatic rings. The Hall–Kier alpha value is -3.07. The lowest BCUT2D eigenvalue weighted by Crippen LogP contribution is -2.37. The van der Waals surface area contributed by atoms with Crippen molar-refractivity contribution in [1.82, 2.24) is 20.3 Å². The van der Waals surface area contributed by atoms with Crippen molar-refractivity contribution in [2.24, 2.45) is 17.6 Å². The number of carbonyl (C=O) groups excluding carboxylic acids is 1. The third-order valence-corrected chi connectivity index (χ3v) is 6.92. The molecule has 7 nitrogen and oxygen atoms in total. The van der Waals surface area contributed by atoms with Crippen molar-refractivity contribution in [3.05, 3.63) is 41.3 Å². The molecule has 0 saturated heterocycles. The molecule has 180 valence electrons. The summed E-state index contributed by atoms with van der Waals surface area (Å²) in [6.45, 7) is 4.41. The summed E-state index contributed by atoms with van der Waals surface area (Å²) in [4.78, 5) is 25.2. The van der Waals surface area contributed by atoms with E-state index < -0.39 is 6.43 Å². The molecule has 2 aliphatic carbocycles. The number of alkyl halides is 2. The fourth-order valence-electron chi connectivity index (χ4n) is 4.83. The van der Waals surface area contributed by atoms with Gasteiger partial charge in [0.15, 0.2) is 0 Å². The number of hydrogen-bond donors (Lipinski definition) is 3. The van der Waals surface area contributed by atoms with Crippen molar-refractivity contribution in [1.29, 1.82) is 0 Å². The summed E-state index contributed by atoms with van der Waals surface area (Å²) in [5.41, 5.74) is 8.86. The summed E-state index contributed by atoms with van der Waals surface area (Å²) in [6.07, 6.45) is 2.56. The number of aromatic nitrogens is 3. The average Bonchev–Trinajstić information content (AvgIpc) is 3.48. The van der Waals surface area contributed by atoms with Crippen molar-refractivity contribution in [2.45, 2.75) is 58.0 Å². The molecular formula is C25H29F2N5O2. The third-order valence-electron chi connectivity index (χ3n) is 6.92. The van der Waals surface area contributed by atoms with Gasteiger partial charge in [0.25, 0.3) is 12.3 Å². The van der Waals surface area contributed by atoms with Gasteiger partial charge in [-0.05, 0) is 62.6 Å². The van der Waals surface area contributed by atoms with E-state index in [1.54, 1.807) is 13.0 Å². The Morgan fingerprint density at radius 3 is 2.76 bits per heavy atom. The van der Waals surface area contributed by atoms with Gasteiger partial charge in [-0.1, -0.05) is 6.92 Å². The fraction of sp³-hybridized carbons (Fsp3) is 0.480. The molecule has 0 bridgehead atoms. The first-order valence-corrected chi connectivity index (χ1v) is 11.8. The van der Waals surface area contributed by atoms with Crippen molar-refractivity contribution < 1.29 is 18.3 Å². The van der Waals surface area contributed by atoms with Gasteiger partial charge in [-0.3, -0.25) is 4.79 Å². The molecule has 0 radical (unpaired) electrons. The molecular weight excluding hydrogens is 440 g/mol. The van der Waals surface area contributed by atoms with Crippen LogP contribution < -0.4 is 15.8 Å². The van der Waals surface area contributed by atoms with Gasteiger partial charge in [0.05, 0.1) is 17.7 Å². The highest BCUT2D eigenvalue weighted by molar-refractivity contribution is 6.09. The largest absolute Gasteiger partial charge is 0.493 e. The van der Waals surface area contributed by atoms with Gasteiger partial charge in [0.1, 0.15) is 23.3 Å². The van der Waals surface area contributed by atoms with E-state index in [1.165, 1.54) is 18.5 Å². The molecule has 3 unspecified atom stereocenters. The number of benzene rings is 1. The summed E-state index contributed by atoms with van der Waals surface area (Å²) in [6, 6.07) is 4.43. The van der Waals surface area contributed by atoms with Crippen LogP contribution in [0, 0.1) is 18.8 Å². The molecule has 1 aromatic carbocycles. The molecule has 3 atom stereocenters. The van der Waals surface area contributed by atoms with Crippen LogP contribution in [-0.2, 0) is 0 Å². The molecule has 0 spiro atoms. The number of nitrogens with zero attached hydrogens (tertiary/aromatic N) is 2. The highest BCUT2D eigenvalue weighted by Crippen LogP contribution is 2.38. The van der Waals surface area contributed by atoms with E-state index in [0.717, 1.165) is 25.7 Å². The van der Waals surface area contributed by atoms with Crippen LogP contribution in [0.5, 0.6) is 5.75 Å². The third kappa shape index (κ3) is 4.36. The monoisotopic (exact) mass is 469 g/mol. The Morgan fingerprint density at radius 1 is 1.29 bits per heavy atom. The fourth-order valence-corrected chi connectivity index (χ4v) is 4.83. The van der Waals surface area contributed by atoms with Gasteiger partial charge in [-0.15, -0.1) is 0 Å². The summed E-state index contributed by atoms with van der Waals surface area (Å²) >= 11 is 0. The quantitative estimate of drug-likeness (QED) is 0.472. The molecule has 9 heteroatoms. The highest BCUT2D eigenvalue weighted by atomic mass is 19.3. The number of nitrogens with two attached hydrogens (primary N) is 1. The number of aromatic amines is 1. The molecule has 2 saturated carbocycles. The van der Waals surface area contributed by atoms with Crippen LogP contribution in [0.4, 0.5) is 8.78 Å². The Balaban J connectivity index is 1.54. The minimum absolute atomic E-state index is 0.00157. The summed E-state index contributed by atoms with van der Waals surface area (Å²) in [7, 11) is 0. The molecule has 2 fully saturated rings. The predicted molar refractivity (Wildman–Crippen MR) is 125 cm³/mol. The van der Waals surface area contributed by atoms with Crippen LogP contribution in [0.15, 0.2) is 24.5 Å². The Labute approximate surface area is 196 Å². The van der Waals surface area contributed by atoms with E-state index in [-0.39, 0.29) is 29.5 Å². The minimum Gasteiger partial charge on any atom is -0.493 e. The molecule has 1 amide bonds. The highest BCUT2D eigenvalue weighted by Gasteiger charge is 2.32. The lowest BCUT2D eigenvalue weighted by molar-refractivity contribution is 0.0930. The zero-order chi connectivity index (χ0) is 24.0. The number of rotatable bonds is 7. The van der Waals surface area contributed by atoms with E-state index in [0.29, 0.717) is 51.8 Å². The molecule has 0 aliphatic heterocycles. The van der Waals surface area contributed by atoms with Gasteiger partial charge in [0.2, 0.25) is 0 Å². The number of halogens is 2. The van der Waals surface area contributed by atoms with Gasteiger partial charge < -0.3 is 20.8 Å². The van der Waals surface area contributed by atoms with Crippen LogP contribution in [0.2, 0.25) is 0 Å². The summed E-state index contributed by atoms with van der Waals surface area (Å²) < 4.78 is 33.0. The number of carbonyl (C=O) groups is 1. The van der Waals surface area contributed by atoms with Gasteiger partial charge >= 0.3 is 0 Å². The Bertz CT molecular complexity index is 1220. The zero-order valence-corrected chi connectivity index (χ0v) is 19.3. The van der Waals surface area contributed by atoms with E-state index in [4.69, 9.17) is 10.5 Å². The second kappa shape index (κ2) is 8.94. The van der Waals surface area contributed by atoms with Crippen molar-refractivity contribution in [2.75, 3.05) is 6.61 Å². The van der Waals surface area contributed by atoms with Crippen LogP contribution in [0.1, 0.15) is 60.6 Å². The molecule has 4 N–H and O–H groups in total. The maximum atomic E-state index is 13.5. The lowest BCUT2D eigenvalue weighted by atomic mass is 10.0. The van der Waals surface area contributed by atoms with Gasteiger partial charge in [0, 0.05) is 28.9 Å². The number of ether oxygens (including phenoxy) is 1. The number of nitrogens with one attached hydrogen (secondary N) is 2. The number of hydrogen-bond acceptors (Lipinski definition) is 5. The molecule has 2 aromatic heterocycles. The lowest BCUT2D eigenvalue weighted by Gasteiger charge is -2.17. The summed E-state index contributed by atoms with van der Waals surface area (Å²) in [5.74, 6) is 1.05. The van der Waals surface area contributed by atoms with Crippen LogP contribution in [0.3, 0.4) is 0 Å². The first-order valence-electron chi connectivity index (χ1n) is 11.8. The topological polar surface area (TPSA) is 106 Å². The number of fused-ring (bicyclic) bond motifs is 1. The van der Waals surface area contributed by atoms with E-state index in [1.807, 2.05) is 0 Å². The average molecular weight is 470 g/mol. The SMILES string of the molecule is Cc1[nH]c2c(-c3cc(C(F)F)ccc3OCC3CC3)ncnc2c1C(=O)NC1CC(N)CC1C. The zero-order valence-electron chi connectivity index (χ0n) is 19.3.